The fourth-order valence-electron chi connectivity index (χ4n) is 6.99. The van der Waals surface area contributed by atoms with Gasteiger partial charge in [-0.15, -0.1) is 0 Å². The van der Waals surface area contributed by atoms with E-state index in [0.29, 0.717) is 24.2 Å². The van der Waals surface area contributed by atoms with Crippen molar-refractivity contribution in [3.8, 4) is 0 Å². The van der Waals surface area contributed by atoms with Gasteiger partial charge < -0.3 is 9.84 Å². The fraction of sp³-hybridized carbons (Fsp3) is 0.818. The summed E-state index contributed by atoms with van der Waals surface area (Å²) in [5.74, 6) is -1.33. The topological polar surface area (TPSA) is 63.6 Å². The van der Waals surface area contributed by atoms with Crippen molar-refractivity contribution >= 4 is 11.9 Å². The first-order valence-corrected chi connectivity index (χ1v) is 21.1. The SMILES string of the molecule is CCCCCCCCCCCCCCCCCCOC(=O)c1cccc(C(=O)O)c1CCCCCCCCCCCCCCCCCC. The van der Waals surface area contributed by atoms with Crippen LogP contribution in [0.5, 0.6) is 0 Å². The molecule has 0 heterocycles. The summed E-state index contributed by atoms with van der Waals surface area (Å²) in [7, 11) is 0. The second-order valence-corrected chi connectivity index (χ2v) is 14.6. The summed E-state index contributed by atoms with van der Waals surface area (Å²) >= 11 is 0. The van der Waals surface area contributed by atoms with Crippen LogP contribution in [0.1, 0.15) is 246 Å². The first-order chi connectivity index (χ1) is 23.6. The van der Waals surface area contributed by atoms with Crippen molar-refractivity contribution < 1.29 is 19.4 Å². The summed E-state index contributed by atoms with van der Waals surface area (Å²) in [5, 5.41) is 9.79. The third-order valence-corrected chi connectivity index (χ3v) is 10.1. The van der Waals surface area contributed by atoms with Crippen molar-refractivity contribution in [3.63, 3.8) is 0 Å². The average Bonchev–Trinajstić information content (AvgIpc) is 3.09. The van der Waals surface area contributed by atoms with E-state index in [1.54, 1.807) is 18.2 Å². The van der Waals surface area contributed by atoms with Crippen molar-refractivity contribution in [2.45, 2.75) is 226 Å². The van der Waals surface area contributed by atoms with E-state index in [2.05, 4.69) is 13.8 Å². The molecule has 0 bridgehead atoms. The molecule has 0 radical (unpaired) electrons. The van der Waals surface area contributed by atoms with Crippen LogP contribution in [0.4, 0.5) is 0 Å². The zero-order valence-electron chi connectivity index (χ0n) is 31.9. The third kappa shape index (κ3) is 25.2. The number of carbonyl (C=O) groups excluding carboxylic acids is 1. The standard InChI is InChI=1S/C44H78O4/c1-3-5-7-9-11-13-15-17-19-21-23-25-27-29-31-33-36-40-41(43(45)46)37-35-38-42(40)44(47)48-39-34-32-30-28-26-24-22-20-18-16-14-12-10-8-6-4-2/h35,37-38H,3-34,36,39H2,1-2H3,(H,45,46). The van der Waals surface area contributed by atoms with Gasteiger partial charge in [0.15, 0.2) is 0 Å². The summed E-state index contributed by atoms with van der Waals surface area (Å²) in [6.45, 7) is 4.97. The molecule has 0 atom stereocenters. The summed E-state index contributed by atoms with van der Waals surface area (Å²) in [4.78, 5) is 24.9. The zero-order valence-corrected chi connectivity index (χ0v) is 31.9. The number of hydrogen-bond acceptors (Lipinski definition) is 3. The van der Waals surface area contributed by atoms with Gasteiger partial charge in [-0.25, -0.2) is 9.59 Å². The summed E-state index contributed by atoms with van der Waals surface area (Å²) in [6.07, 6.45) is 42.5. The highest BCUT2D eigenvalue weighted by atomic mass is 16.5. The van der Waals surface area contributed by atoms with Crippen LogP contribution in [-0.4, -0.2) is 23.7 Å². The van der Waals surface area contributed by atoms with E-state index in [0.717, 1.165) is 25.7 Å². The number of hydrogen-bond donors (Lipinski definition) is 1. The maximum absolute atomic E-state index is 13.0. The molecule has 1 aromatic rings. The van der Waals surface area contributed by atoms with Crippen molar-refractivity contribution in [2.75, 3.05) is 6.61 Å². The summed E-state index contributed by atoms with van der Waals surface area (Å²) < 4.78 is 5.62. The minimum atomic E-state index is -0.964. The lowest BCUT2D eigenvalue weighted by atomic mass is 9.95. The Balaban J connectivity index is 2.12. The van der Waals surface area contributed by atoms with E-state index in [4.69, 9.17) is 4.74 Å². The molecule has 278 valence electrons. The maximum atomic E-state index is 13.0. The molecule has 0 aliphatic heterocycles. The van der Waals surface area contributed by atoms with Gasteiger partial charge in [-0.05, 0) is 37.0 Å². The number of carboxylic acid groups (broad SMARTS) is 1. The number of carbonyl (C=O) groups is 2. The Labute approximate surface area is 298 Å². The first-order valence-electron chi connectivity index (χ1n) is 21.1. The van der Waals surface area contributed by atoms with E-state index in [9.17, 15) is 14.7 Å². The van der Waals surface area contributed by atoms with Crippen molar-refractivity contribution in [1.29, 1.82) is 0 Å². The number of esters is 1. The van der Waals surface area contributed by atoms with E-state index in [-0.39, 0.29) is 11.5 Å². The van der Waals surface area contributed by atoms with Crippen molar-refractivity contribution in [3.05, 3.63) is 34.9 Å². The molecular formula is C44H78O4. The van der Waals surface area contributed by atoms with Crippen molar-refractivity contribution in [2.24, 2.45) is 0 Å². The first kappa shape index (κ1) is 44.2. The smallest absolute Gasteiger partial charge is 0.338 e. The summed E-state index contributed by atoms with van der Waals surface area (Å²) in [5.41, 5.74) is 1.33. The molecule has 0 amide bonds. The van der Waals surface area contributed by atoms with Gasteiger partial charge in [0.05, 0.1) is 17.7 Å². The van der Waals surface area contributed by atoms with Gasteiger partial charge in [-0.1, -0.05) is 213 Å². The number of rotatable bonds is 36. The molecule has 0 aliphatic carbocycles. The number of ether oxygens (including phenoxy) is 1. The molecule has 0 aromatic heterocycles. The number of unbranched alkanes of at least 4 members (excludes halogenated alkanes) is 30. The molecule has 48 heavy (non-hydrogen) atoms. The Morgan fingerprint density at radius 3 is 1.12 bits per heavy atom. The number of aromatic carboxylic acids is 1. The van der Waals surface area contributed by atoms with Gasteiger partial charge in [-0.3, -0.25) is 0 Å². The predicted octanol–water partition coefficient (Wildman–Crippen LogP) is 14.6. The van der Waals surface area contributed by atoms with Gasteiger partial charge in [-0.2, -0.15) is 0 Å². The minimum absolute atomic E-state index is 0.243. The van der Waals surface area contributed by atoms with Gasteiger partial charge in [0, 0.05) is 0 Å². The highest BCUT2D eigenvalue weighted by Crippen LogP contribution is 2.21. The van der Waals surface area contributed by atoms with E-state index >= 15 is 0 Å². The molecule has 0 saturated heterocycles. The Kier molecular flexibility index (Phi) is 31.0. The lowest BCUT2D eigenvalue weighted by molar-refractivity contribution is 0.0496. The minimum Gasteiger partial charge on any atom is -0.478 e. The molecule has 0 saturated carbocycles. The molecule has 0 aliphatic rings. The number of benzene rings is 1. The van der Waals surface area contributed by atoms with Crippen molar-refractivity contribution in [1.82, 2.24) is 0 Å². The molecule has 1 aromatic carbocycles. The Hall–Kier alpha value is -1.84. The number of carboxylic acids is 1. The molecule has 4 heteroatoms. The monoisotopic (exact) mass is 671 g/mol. The molecular weight excluding hydrogens is 592 g/mol. The van der Waals surface area contributed by atoms with Gasteiger partial charge >= 0.3 is 11.9 Å². The normalized spacial score (nSPS) is 11.3. The Morgan fingerprint density at radius 1 is 0.458 bits per heavy atom. The Bertz CT molecular complexity index is 879. The maximum Gasteiger partial charge on any atom is 0.338 e. The van der Waals surface area contributed by atoms with Crippen LogP contribution >= 0.6 is 0 Å². The molecule has 0 spiro atoms. The largest absolute Gasteiger partial charge is 0.478 e. The van der Waals surface area contributed by atoms with Crippen LogP contribution in [-0.2, 0) is 11.2 Å². The van der Waals surface area contributed by atoms with Crippen LogP contribution in [0.3, 0.4) is 0 Å². The lowest BCUT2D eigenvalue weighted by Gasteiger charge is -2.13. The predicted molar refractivity (Wildman–Crippen MR) is 206 cm³/mol. The highest BCUT2D eigenvalue weighted by Gasteiger charge is 2.19. The Morgan fingerprint density at radius 2 is 0.771 bits per heavy atom. The molecule has 4 nitrogen and oxygen atoms in total. The third-order valence-electron chi connectivity index (χ3n) is 10.1. The van der Waals surface area contributed by atoms with Gasteiger partial charge in [0.2, 0.25) is 0 Å². The van der Waals surface area contributed by atoms with E-state index in [1.807, 2.05) is 0 Å². The lowest BCUT2D eigenvalue weighted by Crippen LogP contribution is -2.13. The molecule has 0 unspecified atom stereocenters. The molecule has 1 rings (SSSR count). The second-order valence-electron chi connectivity index (χ2n) is 14.6. The van der Waals surface area contributed by atoms with Crippen LogP contribution in [0, 0.1) is 0 Å². The van der Waals surface area contributed by atoms with Crippen LogP contribution < -0.4 is 0 Å². The van der Waals surface area contributed by atoms with E-state index < -0.39 is 5.97 Å². The quantitative estimate of drug-likeness (QED) is 0.0570. The second kappa shape index (κ2) is 33.6. The van der Waals surface area contributed by atoms with Crippen LogP contribution in [0.15, 0.2) is 18.2 Å². The molecule has 1 N–H and O–H groups in total. The summed E-state index contributed by atoms with van der Waals surface area (Å²) in [6, 6.07) is 5.03. The van der Waals surface area contributed by atoms with Crippen LogP contribution in [0.2, 0.25) is 0 Å². The molecule has 0 fully saturated rings. The average molecular weight is 671 g/mol. The van der Waals surface area contributed by atoms with E-state index in [1.165, 1.54) is 180 Å². The van der Waals surface area contributed by atoms with Crippen LogP contribution in [0.25, 0.3) is 0 Å². The van der Waals surface area contributed by atoms with Gasteiger partial charge in [0.1, 0.15) is 0 Å². The fourth-order valence-corrected chi connectivity index (χ4v) is 6.99. The highest BCUT2D eigenvalue weighted by molar-refractivity contribution is 5.97. The van der Waals surface area contributed by atoms with Gasteiger partial charge in [0.25, 0.3) is 0 Å². The zero-order chi connectivity index (χ0) is 34.8.